The molecule has 1 aromatic heterocycles. The molecular weight excluding hydrogens is 312 g/mol. The van der Waals surface area contributed by atoms with Crippen LogP contribution in [0.2, 0.25) is 0 Å². The summed E-state index contributed by atoms with van der Waals surface area (Å²) in [5.41, 5.74) is 2.01. The van der Waals surface area contributed by atoms with Crippen molar-refractivity contribution < 1.29 is 9.66 Å². The zero-order valence-electron chi connectivity index (χ0n) is 10.4. The highest BCUT2D eigenvalue weighted by Crippen LogP contribution is 2.29. The van der Waals surface area contributed by atoms with Crippen molar-refractivity contribution in [3.05, 3.63) is 56.2 Å². The summed E-state index contributed by atoms with van der Waals surface area (Å²) in [7, 11) is 0. The summed E-state index contributed by atoms with van der Waals surface area (Å²) in [6.07, 6.45) is 1.35. The number of pyridine rings is 1. The number of ether oxygens (including phenoxy) is 1. The number of aromatic nitrogens is 1. The zero-order chi connectivity index (χ0) is 14.0. The highest BCUT2D eigenvalue weighted by atomic mass is 79.9. The van der Waals surface area contributed by atoms with E-state index in [4.69, 9.17) is 4.74 Å². The molecule has 98 valence electrons. The fourth-order valence-corrected chi connectivity index (χ4v) is 1.88. The minimum atomic E-state index is -0.480. The van der Waals surface area contributed by atoms with Gasteiger partial charge in [0.05, 0.1) is 11.0 Å². The summed E-state index contributed by atoms with van der Waals surface area (Å²) in [4.78, 5) is 14.2. The maximum atomic E-state index is 10.7. The van der Waals surface area contributed by atoms with Gasteiger partial charge in [0.2, 0.25) is 5.88 Å². The summed E-state index contributed by atoms with van der Waals surface area (Å²) in [6.45, 7) is 3.90. The number of nitro groups is 1. The van der Waals surface area contributed by atoms with E-state index < -0.39 is 4.92 Å². The first-order chi connectivity index (χ1) is 8.97. The third-order valence-electron chi connectivity index (χ3n) is 2.56. The SMILES string of the molecule is Cc1cc(Oc2cc([N+](=O)[O-])ccn2)cc(C)c1Br. The molecule has 0 radical (unpaired) electrons. The van der Waals surface area contributed by atoms with Crippen LogP contribution < -0.4 is 4.74 Å². The Kier molecular flexibility index (Phi) is 3.80. The van der Waals surface area contributed by atoms with Gasteiger partial charge >= 0.3 is 0 Å². The fraction of sp³-hybridized carbons (Fsp3) is 0.154. The van der Waals surface area contributed by atoms with E-state index in [-0.39, 0.29) is 11.6 Å². The molecule has 0 aliphatic heterocycles. The highest BCUT2D eigenvalue weighted by molar-refractivity contribution is 9.10. The molecule has 1 aromatic carbocycles. The van der Waals surface area contributed by atoms with Crippen molar-refractivity contribution in [2.24, 2.45) is 0 Å². The zero-order valence-corrected chi connectivity index (χ0v) is 12.0. The van der Waals surface area contributed by atoms with Crippen molar-refractivity contribution in [2.45, 2.75) is 13.8 Å². The predicted molar refractivity (Wildman–Crippen MR) is 74.6 cm³/mol. The molecule has 2 rings (SSSR count). The van der Waals surface area contributed by atoms with Crippen LogP contribution >= 0.6 is 15.9 Å². The average molecular weight is 323 g/mol. The monoisotopic (exact) mass is 322 g/mol. The second-order valence-corrected chi connectivity index (χ2v) is 4.88. The Balaban J connectivity index is 2.31. The molecule has 0 N–H and O–H groups in total. The normalized spacial score (nSPS) is 10.3. The van der Waals surface area contributed by atoms with E-state index in [0.717, 1.165) is 15.6 Å². The van der Waals surface area contributed by atoms with Gasteiger partial charge in [-0.15, -0.1) is 0 Å². The van der Waals surface area contributed by atoms with E-state index in [1.807, 2.05) is 26.0 Å². The molecule has 0 aliphatic carbocycles. The van der Waals surface area contributed by atoms with Crippen LogP contribution in [-0.4, -0.2) is 9.91 Å². The molecular formula is C13H11BrN2O3. The van der Waals surface area contributed by atoms with Crippen molar-refractivity contribution in [2.75, 3.05) is 0 Å². The van der Waals surface area contributed by atoms with Crippen LogP contribution in [0.15, 0.2) is 34.9 Å². The lowest BCUT2D eigenvalue weighted by Crippen LogP contribution is -1.93. The lowest BCUT2D eigenvalue weighted by atomic mass is 10.1. The molecule has 0 amide bonds. The van der Waals surface area contributed by atoms with Crippen LogP contribution in [0.25, 0.3) is 0 Å². The van der Waals surface area contributed by atoms with Crippen LogP contribution in [0.4, 0.5) is 5.69 Å². The molecule has 0 fully saturated rings. The second kappa shape index (κ2) is 5.36. The topological polar surface area (TPSA) is 65.3 Å². The number of hydrogen-bond acceptors (Lipinski definition) is 4. The molecule has 0 spiro atoms. The molecule has 1 heterocycles. The van der Waals surface area contributed by atoms with Crippen LogP contribution in [0.5, 0.6) is 11.6 Å². The first kappa shape index (κ1) is 13.5. The summed E-state index contributed by atoms with van der Waals surface area (Å²) in [6, 6.07) is 6.31. The van der Waals surface area contributed by atoms with E-state index in [9.17, 15) is 10.1 Å². The number of hydrogen-bond donors (Lipinski definition) is 0. The largest absolute Gasteiger partial charge is 0.439 e. The van der Waals surface area contributed by atoms with Crippen LogP contribution in [0, 0.1) is 24.0 Å². The van der Waals surface area contributed by atoms with Gasteiger partial charge < -0.3 is 4.74 Å². The summed E-state index contributed by atoms with van der Waals surface area (Å²) < 4.78 is 6.57. The van der Waals surface area contributed by atoms with Gasteiger partial charge in [0.15, 0.2) is 0 Å². The Morgan fingerprint density at radius 1 is 1.26 bits per heavy atom. The predicted octanol–water partition coefficient (Wildman–Crippen LogP) is 4.16. The molecule has 6 heteroatoms. The standard InChI is InChI=1S/C13H11BrN2O3/c1-8-5-11(6-9(2)13(8)14)19-12-7-10(16(17)18)3-4-15-12/h3-7H,1-2H3. The number of halogens is 1. The van der Waals surface area contributed by atoms with Crippen molar-refractivity contribution in [1.29, 1.82) is 0 Å². The number of nitrogens with zero attached hydrogens (tertiary/aromatic N) is 2. The molecule has 0 unspecified atom stereocenters. The third-order valence-corrected chi connectivity index (χ3v) is 3.81. The average Bonchev–Trinajstić information content (AvgIpc) is 2.36. The molecule has 0 atom stereocenters. The van der Waals surface area contributed by atoms with Crippen molar-refractivity contribution >= 4 is 21.6 Å². The Morgan fingerprint density at radius 2 is 1.89 bits per heavy atom. The van der Waals surface area contributed by atoms with Gasteiger partial charge in [-0.25, -0.2) is 4.98 Å². The number of benzene rings is 1. The van der Waals surface area contributed by atoms with Gasteiger partial charge in [-0.2, -0.15) is 0 Å². The lowest BCUT2D eigenvalue weighted by molar-refractivity contribution is -0.385. The quantitative estimate of drug-likeness (QED) is 0.628. The number of rotatable bonds is 3. The molecule has 0 saturated heterocycles. The van der Waals surface area contributed by atoms with Crippen LogP contribution in [-0.2, 0) is 0 Å². The Hall–Kier alpha value is -1.95. The first-order valence-electron chi connectivity index (χ1n) is 5.52. The van der Waals surface area contributed by atoms with Gasteiger partial charge in [0, 0.05) is 16.7 Å². The minimum absolute atomic E-state index is 0.0458. The Labute approximate surface area is 118 Å². The molecule has 19 heavy (non-hydrogen) atoms. The Morgan fingerprint density at radius 3 is 2.47 bits per heavy atom. The van der Waals surface area contributed by atoms with Crippen molar-refractivity contribution in [3.8, 4) is 11.6 Å². The molecule has 0 bridgehead atoms. The van der Waals surface area contributed by atoms with E-state index in [1.165, 1.54) is 18.3 Å². The maximum absolute atomic E-state index is 10.7. The maximum Gasteiger partial charge on any atom is 0.276 e. The molecule has 0 saturated carbocycles. The van der Waals surface area contributed by atoms with Crippen molar-refractivity contribution in [3.63, 3.8) is 0 Å². The molecule has 0 aliphatic rings. The van der Waals surface area contributed by atoms with Gasteiger partial charge in [0.1, 0.15) is 5.75 Å². The smallest absolute Gasteiger partial charge is 0.276 e. The van der Waals surface area contributed by atoms with E-state index >= 15 is 0 Å². The highest BCUT2D eigenvalue weighted by Gasteiger charge is 2.09. The summed E-state index contributed by atoms with van der Waals surface area (Å²) in [5.74, 6) is 0.807. The second-order valence-electron chi connectivity index (χ2n) is 4.08. The summed E-state index contributed by atoms with van der Waals surface area (Å²) >= 11 is 3.47. The van der Waals surface area contributed by atoms with Gasteiger partial charge in [-0.1, -0.05) is 15.9 Å². The van der Waals surface area contributed by atoms with Crippen molar-refractivity contribution in [1.82, 2.24) is 4.98 Å². The third kappa shape index (κ3) is 3.08. The van der Waals surface area contributed by atoms with Crippen LogP contribution in [0.1, 0.15) is 11.1 Å². The molecule has 5 nitrogen and oxygen atoms in total. The number of aryl methyl sites for hydroxylation is 2. The van der Waals surface area contributed by atoms with Crippen LogP contribution in [0.3, 0.4) is 0 Å². The lowest BCUT2D eigenvalue weighted by Gasteiger charge is -2.08. The van der Waals surface area contributed by atoms with Gasteiger partial charge in [-0.05, 0) is 37.1 Å². The van der Waals surface area contributed by atoms with E-state index in [1.54, 1.807) is 0 Å². The molecule has 2 aromatic rings. The Bertz CT molecular complexity index is 621. The minimum Gasteiger partial charge on any atom is -0.439 e. The fourth-order valence-electron chi connectivity index (χ4n) is 1.65. The van der Waals surface area contributed by atoms with E-state index in [2.05, 4.69) is 20.9 Å². The first-order valence-corrected chi connectivity index (χ1v) is 6.31. The van der Waals surface area contributed by atoms with E-state index in [0.29, 0.717) is 5.75 Å². The summed E-state index contributed by atoms with van der Waals surface area (Å²) in [5, 5.41) is 10.7. The van der Waals surface area contributed by atoms with Gasteiger partial charge in [0.25, 0.3) is 5.69 Å². The van der Waals surface area contributed by atoms with Gasteiger partial charge in [-0.3, -0.25) is 10.1 Å².